The normalized spacial score (nSPS) is 11.5. The van der Waals surface area contributed by atoms with Crippen LogP contribution < -0.4 is 4.90 Å². The topological polar surface area (TPSA) is 21.3 Å². The van der Waals surface area contributed by atoms with Crippen LogP contribution in [0, 0.1) is 0 Å². The van der Waals surface area contributed by atoms with Gasteiger partial charge in [0.05, 0.1) is 28.1 Å². The van der Waals surface area contributed by atoms with E-state index in [0.29, 0.717) is 0 Å². The van der Waals surface area contributed by atoms with Gasteiger partial charge < -0.3 is 13.9 Å². The second-order valence-corrected chi connectivity index (χ2v) is 14.5. The molecule has 3 nitrogen and oxygen atoms in total. The lowest BCUT2D eigenvalue weighted by Crippen LogP contribution is -2.13. The highest BCUT2D eigenvalue weighted by atomic mass is 16.3. The maximum atomic E-state index is 6.56. The number of hydrogen-bond acceptors (Lipinski definition) is 2. The first kappa shape index (κ1) is 32.8. The Kier molecular flexibility index (Phi) is 7.82. The highest BCUT2D eigenvalue weighted by Gasteiger charge is 2.23. The van der Waals surface area contributed by atoms with E-state index in [2.05, 4.69) is 216 Å². The summed E-state index contributed by atoms with van der Waals surface area (Å²) in [5.41, 5.74) is 15.2. The maximum Gasteiger partial charge on any atom is 0.143 e. The number of para-hydroxylation sites is 7. The zero-order valence-electron chi connectivity index (χ0n) is 31.1. The lowest BCUT2D eigenvalue weighted by Gasteiger charge is -2.30. The Labute approximate surface area is 330 Å². The van der Waals surface area contributed by atoms with Crippen LogP contribution in [0.4, 0.5) is 17.1 Å². The molecule has 2 heterocycles. The Bertz CT molecular complexity index is 3210. The Morgan fingerprint density at radius 2 is 0.877 bits per heavy atom. The molecular formula is C54H36N2O. The molecule has 0 spiro atoms. The van der Waals surface area contributed by atoms with Crippen LogP contribution in [0.25, 0.3) is 82.8 Å². The third kappa shape index (κ3) is 5.43. The van der Waals surface area contributed by atoms with Gasteiger partial charge in [-0.25, -0.2) is 0 Å². The van der Waals surface area contributed by atoms with Gasteiger partial charge in [-0.05, 0) is 59.7 Å². The Hall–Kier alpha value is -7.62. The monoisotopic (exact) mass is 728 g/mol. The predicted octanol–water partition coefficient (Wildman–Crippen LogP) is 15.2. The van der Waals surface area contributed by atoms with Crippen molar-refractivity contribution < 1.29 is 4.42 Å². The van der Waals surface area contributed by atoms with E-state index in [-0.39, 0.29) is 0 Å². The molecule has 0 fully saturated rings. The first-order chi connectivity index (χ1) is 28.3. The van der Waals surface area contributed by atoms with E-state index in [4.69, 9.17) is 4.42 Å². The largest absolute Gasteiger partial charge is 0.455 e. The summed E-state index contributed by atoms with van der Waals surface area (Å²) in [6, 6.07) is 78.1. The van der Waals surface area contributed by atoms with Crippen molar-refractivity contribution in [3.8, 4) is 39.1 Å². The number of hydrogen-bond donors (Lipinski definition) is 0. The van der Waals surface area contributed by atoms with Crippen molar-refractivity contribution in [2.45, 2.75) is 0 Å². The zero-order chi connectivity index (χ0) is 37.7. The summed E-state index contributed by atoms with van der Waals surface area (Å²) >= 11 is 0. The molecule has 0 aliphatic carbocycles. The summed E-state index contributed by atoms with van der Waals surface area (Å²) < 4.78 is 8.98. The molecular weight excluding hydrogens is 693 g/mol. The molecule has 0 atom stereocenters. The van der Waals surface area contributed by atoms with Crippen molar-refractivity contribution in [3.63, 3.8) is 0 Å². The number of rotatable bonds is 7. The average molecular weight is 729 g/mol. The fourth-order valence-corrected chi connectivity index (χ4v) is 8.70. The van der Waals surface area contributed by atoms with Crippen molar-refractivity contribution in [1.82, 2.24) is 4.57 Å². The second-order valence-electron chi connectivity index (χ2n) is 14.5. The van der Waals surface area contributed by atoms with E-state index in [1.807, 2.05) is 12.1 Å². The average Bonchev–Trinajstić information content (AvgIpc) is 3.83. The molecule has 0 saturated heterocycles. The molecule has 268 valence electrons. The molecule has 0 saturated carbocycles. The minimum atomic E-state index is 0.894. The van der Waals surface area contributed by atoms with E-state index >= 15 is 0 Å². The summed E-state index contributed by atoms with van der Waals surface area (Å²) in [6.07, 6.45) is 0. The minimum Gasteiger partial charge on any atom is -0.455 e. The third-order valence-electron chi connectivity index (χ3n) is 11.2. The van der Waals surface area contributed by atoms with Gasteiger partial charge in [0.25, 0.3) is 0 Å². The fraction of sp³-hybridized carbons (Fsp3) is 0. The summed E-state index contributed by atoms with van der Waals surface area (Å²) in [5.74, 6) is 0. The van der Waals surface area contributed by atoms with E-state index < -0.39 is 0 Å². The van der Waals surface area contributed by atoms with Gasteiger partial charge in [0.2, 0.25) is 0 Å². The van der Waals surface area contributed by atoms with Crippen molar-refractivity contribution >= 4 is 60.8 Å². The fourth-order valence-electron chi connectivity index (χ4n) is 8.70. The number of furan rings is 1. The van der Waals surface area contributed by atoms with Gasteiger partial charge in [0, 0.05) is 49.5 Å². The first-order valence-corrected chi connectivity index (χ1v) is 19.4. The van der Waals surface area contributed by atoms with E-state index in [9.17, 15) is 0 Å². The molecule has 11 aromatic rings. The van der Waals surface area contributed by atoms with Gasteiger partial charge in [0.15, 0.2) is 0 Å². The number of aromatic nitrogens is 1. The van der Waals surface area contributed by atoms with Crippen LogP contribution in [0.2, 0.25) is 0 Å². The van der Waals surface area contributed by atoms with Crippen molar-refractivity contribution in [3.05, 3.63) is 218 Å². The van der Waals surface area contributed by atoms with E-state index in [0.717, 1.165) is 78.1 Å². The zero-order valence-corrected chi connectivity index (χ0v) is 31.1. The van der Waals surface area contributed by atoms with Gasteiger partial charge in [-0.2, -0.15) is 0 Å². The molecule has 9 aromatic carbocycles. The molecule has 0 aliphatic rings. The van der Waals surface area contributed by atoms with Crippen LogP contribution in [0.15, 0.2) is 223 Å². The van der Waals surface area contributed by atoms with Gasteiger partial charge in [-0.3, -0.25) is 0 Å². The van der Waals surface area contributed by atoms with Gasteiger partial charge in [0.1, 0.15) is 11.2 Å². The molecule has 0 aliphatic heterocycles. The molecule has 0 bridgehead atoms. The maximum absolute atomic E-state index is 6.56. The molecule has 3 heteroatoms. The van der Waals surface area contributed by atoms with Crippen LogP contribution in [0.5, 0.6) is 0 Å². The third-order valence-corrected chi connectivity index (χ3v) is 11.2. The highest BCUT2D eigenvalue weighted by molar-refractivity contribution is 6.11. The number of nitrogens with zero attached hydrogens (tertiary/aromatic N) is 2. The minimum absolute atomic E-state index is 0.894. The highest BCUT2D eigenvalue weighted by Crippen LogP contribution is 2.47. The summed E-state index contributed by atoms with van der Waals surface area (Å²) in [6.45, 7) is 0. The standard InChI is InChI=1S/C54H36N2O/c1-2-18-37(19-3-1)40-22-4-10-30-48(40)55(39-21-16-20-38(36-39)41-28-17-29-47-46-27-9-15-35-53(46)57-54(41)47)49-31-11-5-23-42(49)43-24-6-12-32-50(43)56-51-33-13-7-25-44(51)45-26-8-14-34-52(45)56/h1-36H. The van der Waals surface area contributed by atoms with Crippen LogP contribution in [-0.2, 0) is 0 Å². The van der Waals surface area contributed by atoms with Crippen LogP contribution in [0.1, 0.15) is 0 Å². The van der Waals surface area contributed by atoms with Crippen molar-refractivity contribution in [1.29, 1.82) is 0 Å². The number of anilines is 3. The van der Waals surface area contributed by atoms with Crippen LogP contribution >= 0.6 is 0 Å². The molecule has 0 radical (unpaired) electrons. The van der Waals surface area contributed by atoms with Crippen LogP contribution in [0.3, 0.4) is 0 Å². The summed E-state index contributed by atoms with van der Waals surface area (Å²) in [4.78, 5) is 2.43. The molecule has 0 N–H and O–H groups in total. The molecule has 0 unspecified atom stereocenters. The molecule has 2 aromatic heterocycles. The Balaban J connectivity index is 1.16. The Morgan fingerprint density at radius 1 is 0.351 bits per heavy atom. The SMILES string of the molecule is c1ccc(-c2ccccc2N(c2cccc(-c3cccc4c3oc3ccccc34)c2)c2ccccc2-c2ccccc2-n2c3ccccc3c3ccccc32)cc1. The molecule has 11 rings (SSSR count). The quantitative estimate of drug-likeness (QED) is 0.163. The van der Waals surface area contributed by atoms with Gasteiger partial charge in [-0.1, -0.05) is 170 Å². The van der Waals surface area contributed by atoms with E-state index in [1.165, 1.54) is 21.8 Å². The first-order valence-electron chi connectivity index (χ1n) is 19.4. The Morgan fingerprint density at radius 3 is 1.65 bits per heavy atom. The number of fused-ring (bicyclic) bond motifs is 6. The lowest BCUT2D eigenvalue weighted by molar-refractivity contribution is 0.670. The van der Waals surface area contributed by atoms with Crippen molar-refractivity contribution in [2.75, 3.05) is 4.90 Å². The van der Waals surface area contributed by atoms with Crippen molar-refractivity contribution in [2.24, 2.45) is 0 Å². The number of benzene rings is 9. The smallest absolute Gasteiger partial charge is 0.143 e. The van der Waals surface area contributed by atoms with Gasteiger partial charge >= 0.3 is 0 Å². The lowest BCUT2D eigenvalue weighted by atomic mass is 9.97. The second kappa shape index (κ2) is 13.6. The van der Waals surface area contributed by atoms with Crippen LogP contribution in [-0.4, -0.2) is 4.57 Å². The van der Waals surface area contributed by atoms with E-state index in [1.54, 1.807) is 0 Å². The summed E-state index contributed by atoms with van der Waals surface area (Å²) in [7, 11) is 0. The molecule has 57 heavy (non-hydrogen) atoms. The van der Waals surface area contributed by atoms with Gasteiger partial charge in [-0.15, -0.1) is 0 Å². The predicted molar refractivity (Wildman–Crippen MR) is 239 cm³/mol. The molecule has 0 amide bonds. The summed E-state index contributed by atoms with van der Waals surface area (Å²) in [5, 5.41) is 4.73.